The van der Waals surface area contributed by atoms with Gasteiger partial charge in [-0.15, -0.1) is 0 Å². The lowest BCUT2D eigenvalue weighted by molar-refractivity contribution is -0.137. The Bertz CT molecular complexity index is 643. The third kappa shape index (κ3) is 3.82. The Hall–Kier alpha value is -1.99. The fourth-order valence-electron chi connectivity index (χ4n) is 3.51. The Balaban J connectivity index is 1.68. The molecule has 2 fully saturated rings. The molecule has 5 nitrogen and oxygen atoms in total. The molecule has 0 bridgehead atoms. The summed E-state index contributed by atoms with van der Waals surface area (Å²) < 4.78 is 44.9. The summed E-state index contributed by atoms with van der Waals surface area (Å²) in [5.41, 5.74) is -1.27. The molecular weight excluding hydrogens is 335 g/mol. The molecule has 1 aromatic heterocycles. The number of hydrogen-bond acceptors (Lipinski definition) is 4. The summed E-state index contributed by atoms with van der Waals surface area (Å²) in [6, 6.07) is 2.36. The molecule has 0 N–H and O–H groups in total. The van der Waals surface area contributed by atoms with Crippen molar-refractivity contribution in [1.82, 2.24) is 9.88 Å². The van der Waals surface area contributed by atoms with Crippen molar-refractivity contribution in [3.63, 3.8) is 0 Å². The highest BCUT2D eigenvalue weighted by Crippen LogP contribution is 2.39. The van der Waals surface area contributed by atoms with Gasteiger partial charge in [-0.25, -0.2) is 9.78 Å². The lowest BCUT2D eigenvalue weighted by Gasteiger charge is -2.27. The van der Waals surface area contributed by atoms with Crippen molar-refractivity contribution < 1.29 is 22.7 Å². The van der Waals surface area contributed by atoms with Gasteiger partial charge in [-0.05, 0) is 32.9 Å². The molecule has 8 heteroatoms. The molecule has 2 atom stereocenters. The average molecular weight is 357 g/mol. The molecule has 1 amide bonds. The van der Waals surface area contributed by atoms with E-state index in [0.29, 0.717) is 26.2 Å². The van der Waals surface area contributed by atoms with E-state index in [9.17, 15) is 18.0 Å². The summed E-state index contributed by atoms with van der Waals surface area (Å²) >= 11 is 0. The first-order chi connectivity index (χ1) is 11.5. The maximum Gasteiger partial charge on any atom is 0.419 e. The van der Waals surface area contributed by atoms with E-state index in [2.05, 4.69) is 4.98 Å². The minimum atomic E-state index is -4.43. The van der Waals surface area contributed by atoms with E-state index in [0.717, 1.165) is 6.07 Å². The number of halogens is 3. The average Bonchev–Trinajstić information content (AvgIpc) is 3.03. The number of anilines is 1. The van der Waals surface area contributed by atoms with Crippen LogP contribution in [0.1, 0.15) is 26.3 Å². The molecular formula is C17H22F3N3O2. The van der Waals surface area contributed by atoms with Crippen molar-refractivity contribution >= 4 is 11.9 Å². The number of likely N-dealkylation sites (tertiary alicyclic amines) is 1. The van der Waals surface area contributed by atoms with E-state index >= 15 is 0 Å². The molecule has 0 spiro atoms. The number of ether oxygens (including phenoxy) is 1. The molecule has 2 aliphatic rings. The smallest absolute Gasteiger partial charge is 0.419 e. The summed E-state index contributed by atoms with van der Waals surface area (Å²) in [5.74, 6) is 0.249. The highest BCUT2D eigenvalue weighted by Gasteiger charge is 2.45. The highest BCUT2D eigenvalue weighted by molar-refractivity contribution is 5.68. The van der Waals surface area contributed by atoms with Gasteiger partial charge in [-0.3, -0.25) is 0 Å². The topological polar surface area (TPSA) is 45.7 Å². The number of pyridine rings is 1. The maximum atomic E-state index is 13.2. The van der Waals surface area contributed by atoms with Gasteiger partial charge in [0.2, 0.25) is 0 Å². The fourth-order valence-corrected chi connectivity index (χ4v) is 3.51. The highest BCUT2D eigenvalue weighted by atomic mass is 19.4. The Morgan fingerprint density at radius 1 is 1.16 bits per heavy atom. The molecule has 2 aliphatic heterocycles. The second-order valence-electron chi connectivity index (χ2n) is 7.68. The first-order valence-corrected chi connectivity index (χ1v) is 8.29. The summed E-state index contributed by atoms with van der Waals surface area (Å²) in [6.07, 6.45) is -3.41. The summed E-state index contributed by atoms with van der Waals surface area (Å²) in [5, 5.41) is 0. The predicted molar refractivity (Wildman–Crippen MR) is 86.2 cm³/mol. The van der Waals surface area contributed by atoms with Crippen molar-refractivity contribution in [3.05, 3.63) is 23.9 Å². The Morgan fingerprint density at radius 2 is 1.76 bits per heavy atom. The van der Waals surface area contributed by atoms with E-state index in [4.69, 9.17) is 4.74 Å². The monoisotopic (exact) mass is 357 g/mol. The third-order valence-corrected chi connectivity index (χ3v) is 4.53. The minimum Gasteiger partial charge on any atom is -0.444 e. The largest absolute Gasteiger partial charge is 0.444 e. The minimum absolute atomic E-state index is 0.0202. The van der Waals surface area contributed by atoms with Crippen LogP contribution in [0, 0.1) is 11.8 Å². The van der Waals surface area contributed by atoms with Crippen molar-refractivity contribution in [3.8, 4) is 0 Å². The number of rotatable bonds is 1. The number of fused-ring (bicyclic) bond motifs is 1. The van der Waals surface area contributed by atoms with E-state index in [1.165, 1.54) is 12.3 Å². The zero-order valence-electron chi connectivity index (χ0n) is 14.5. The van der Waals surface area contributed by atoms with Gasteiger partial charge in [0.1, 0.15) is 11.4 Å². The number of aromatic nitrogens is 1. The standard InChI is InChI=1S/C17H22F3N3O2/c1-16(2,3)25-15(24)23-9-11-7-22(8-12(11)10-23)14-13(17(18,19)20)5-4-6-21-14/h4-6,11-12H,7-10H2,1-3H3. The van der Waals surface area contributed by atoms with Gasteiger partial charge in [-0.1, -0.05) is 0 Å². The number of amides is 1. The summed E-state index contributed by atoms with van der Waals surface area (Å²) in [6.45, 7) is 7.36. The van der Waals surface area contributed by atoms with Gasteiger partial charge >= 0.3 is 12.3 Å². The molecule has 138 valence electrons. The molecule has 0 aromatic carbocycles. The normalized spacial score (nSPS) is 23.8. The van der Waals surface area contributed by atoms with Gasteiger partial charge in [0.15, 0.2) is 0 Å². The molecule has 3 rings (SSSR count). The summed E-state index contributed by atoms with van der Waals surface area (Å²) in [7, 11) is 0. The number of hydrogen-bond donors (Lipinski definition) is 0. The lowest BCUT2D eigenvalue weighted by Crippen LogP contribution is -2.37. The van der Waals surface area contributed by atoms with Crippen molar-refractivity contribution in [2.45, 2.75) is 32.5 Å². The molecule has 25 heavy (non-hydrogen) atoms. The molecule has 3 heterocycles. The zero-order chi connectivity index (χ0) is 18.4. The Kier molecular flexibility index (Phi) is 4.33. The fraction of sp³-hybridized carbons (Fsp3) is 0.647. The zero-order valence-corrected chi connectivity index (χ0v) is 14.5. The second-order valence-corrected chi connectivity index (χ2v) is 7.68. The van der Waals surface area contributed by atoms with Crippen molar-refractivity contribution in [1.29, 1.82) is 0 Å². The third-order valence-electron chi connectivity index (χ3n) is 4.53. The van der Waals surface area contributed by atoms with Crippen LogP contribution in [0.15, 0.2) is 18.3 Å². The van der Waals surface area contributed by atoms with Gasteiger partial charge in [0, 0.05) is 44.2 Å². The van der Waals surface area contributed by atoms with Crippen LogP contribution >= 0.6 is 0 Å². The van der Waals surface area contributed by atoms with Crippen molar-refractivity contribution in [2.75, 3.05) is 31.1 Å². The van der Waals surface area contributed by atoms with Crippen LogP contribution in [0.2, 0.25) is 0 Å². The lowest BCUT2D eigenvalue weighted by atomic mass is 10.0. The molecule has 2 unspecified atom stereocenters. The quantitative estimate of drug-likeness (QED) is 0.773. The molecule has 0 radical (unpaired) electrons. The Labute approximate surface area is 144 Å². The van der Waals surface area contributed by atoms with Crippen LogP contribution in [0.5, 0.6) is 0 Å². The van der Waals surface area contributed by atoms with E-state index in [1.807, 2.05) is 20.8 Å². The number of alkyl halides is 3. The van der Waals surface area contributed by atoms with Crippen LogP contribution in [0.25, 0.3) is 0 Å². The van der Waals surface area contributed by atoms with E-state index in [1.54, 1.807) is 9.80 Å². The van der Waals surface area contributed by atoms with E-state index < -0.39 is 17.3 Å². The molecule has 0 aliphatic carbocycles. The Morgan fingerprint density at radius 3 is 2.28 bits per heavy atom. The molecule has 0 saturated carbocycles. The summed E-state index contributed by atoms with van der Waals surface area (Å²) in [4.78, 5) is 19.5. The van der Waals surface area contributed by atoms with E-state index in [-0.39, 0.29) is 23.7 Å². The first kappa shape index (κ1) is 17.8. The molecule has 2 saturated heterocycles. The number of carbonyl (C=O) groups is 1. The van der Waals surface area contributed by atoms with Crippen LogP contribution in [-0.4, -0.2) is 47.8 Å². The predicted octanol–water partition coefficient (Wildman–Crippen LogP) is 3.40. The van der Waals surface area contributed by atoms with Gasteiger partial charge in [0.25, 0.3) is 0 Å². The van der Waals surface area contributed by atoms with Crippen LogP contribution in [-0.2, 0) is 10.9 Å². The van der Waals surface area contributed by atoms with Crippen molar-refractivity contribution in [2.24, 2.45) is 11.8 Å². The second kappa shape index (κ2) is 6.07. The first-order valence-electron chi connectivity index (χ1n) is 8.29. The van der Waals surface area contributed by atoms with Gasteiger partial charge in [0.05, 0.1) is 5.56 Å². The van der Waals surface area contributed by atoms with Crippen LogP contribution in [0.3, 0.4) is 0 Å². The number of carbonyl (C=O) groups excluding carboxylic acids is 1. The number of nitrogens with zero attached hydrogens (tertiary/aromatic N) is 3. The van der Waals surface area contributed by atoms with Gasteiger partial charge in [-0.2, -0.15) is 13.2 Å². The SMILES string of the molecule is CC(C)(C)OC(=O)N1CC2CN(c3ncccc3C(F)(F)F)CC2C1. The maximum absolute atomic E-state index is 13.2. The van der Waals surface area contributed by atoms with Gasteiger partial charge < -0.3 is 14.5 Å². The van der Waals surface area contributed by atoms with Crippen LogP contribution < -0.4 is 4.90 Å². The molecule has 1 aromatic rings. The van der Waals surface area contributed by atoms with Crippen LogP contribution in [0.4, 0.5) is 23.8 Å².